The maximum atomic E-state index is 13.5. The van der Waals surface area contributed by atoms with Crippen LogP contribution in [0, 0.1) is 0 Å². The molecule has 1 amide bonds. The average molecular weight is 515 g/mol. The number of nitrogens with one attached hydrogen (secondary N) is 1. The highest BCUT2D eigenvalue weighted by Gasteiger charge is 2.25. The van der Waals surface area contributed by atoms with Crippen LogP contribution in [0.1, 0.15) is 41.4 Å². The van der Waals surface area contributed by atoms with E-state index in [1.165, 1.54) is 4.31 Å². The monoisotopic (exact) mass is 514 g/mol. The minimum absolute atomic E-state index is 0.131. The van der Waals surface area contributed by atoms with E-state index in [-0.39, 0.29) is 23.4 Å². The average Bonchev–Trinajstić information content (AvgIpc) is 2.93. The van der Waals surface area contributed by atoms with E-state index in [2.05, 4.69) is 5.32 Å². The summed E-state index contributed by atoms with van der Waals surface area (Å²) in [5, 5.41) is 3.01. The Bertz CT molecular complexity index is 1410. The van der Waals surface area contributed by atoms with Crippen LogP contribution in [0.5, 0.6) is 5.75 Å². The number of anilines is 1. The van der Waals surface area contributed by atoms with Gasteiger partial charge >= 0.3 is 0 Å². The number of hydrogen-bond acceptors (Lipinski definition) is 4. The molecule has 0 aliphatic heterocycles. The summed E-state index contributed by atoms with van der Waals surface area (Å²) in [4.78, 5) is 13.1. The number of benzene rings is 4. The van der Waals surface area contributed by atoms with E-state index in [1.807, 2.05) is 56.3 Å². The van der Waals surface area contributed by atoms with Gasteiger partial charge in [0.1, 0.15) is 5.75 Å². The summed E-state index contributed by atoms with van der Waals surface area (Å²) in [6.07, 6.45) is 0. The molecule has 0 heterocycles. The molecule has 1 atom stereocenters. The number of para-hydroxylation sites is 1. The largest absolute Gasteiger partial charge is 0.494 e. The van der Waals surface area contributed by atoms with Gasteiger partial charge in [0.25, 0.3) is 15.9 Å². The molecular formula is C30H30N2O4S. The zero-order chi connectivity index (χ0) is 26.3. The minimum Gasteiger partial charge on any atom is -0.494 e. The fourth-order valence-electron chi connectivity index (χ4n) is 3.94. The Kier molecular flexibility index (Phi) is 8.25. The van der Waals surface area contributed by atoms with Crippen molar-refractivity contribution >= 4 is 21.6 Å². The summed E-state index contributed by atoms with van der Waals surface area (Å²) < 4.78 is 33.8. The van der Waals surface area contributed by atoms with Crippen LogP contribution in [0.4, 0.5) is 5.69 Å². The summed E-state index contributed by atoms with van der Waals surface area (Å²) in [7, 11) is -3.79. The van der Waals surface area contributed by atoms with E-state index < -0.39 is 10.0 Å². The first-order valence-electron chi connectivity index (χ1n) is 12.1. The molecule has 6 nitrogen and oxygen atoms in total. The summed E-state index contributed by atoms with van der Waals surface area (Å²) >= 11 is 0. The van der Waals surface area contributed by atoms with Crippen molar-refractivity contribution in [2.45, 2.75) is 31.3 Å². The molecule has 1 N–H and O–H groups in total. The van der Waals surface area contributed by atoms with Gasteiger partial charge in [-0.05, 0) is 73.5 Å². The van der Waals surface area contributed by atoms with E-state index in [0.717, 1.165) is 16.9 Å². The number of ether oxygens (including phenoxy) is 1. The molecule has 4 rings (SSSR count). The number of hydrogen-bond donors (Lipinski definition) is 1. The van der Waals surface area contributed by atoms with Gasteiger partial charge in [0, 0.05) is 5.56 Å². The molecule has 0 unspecified atom stereocenters. The minimum atomic E-state index is -3.79. The molecule has 7 heteroatoms. The van der Waals surface area contributed by atoms with Crippen molar-refractivity contribution in [2.24, 2.45) is 0 Å². The first-order valence-corrected chi connectivity index (χ1v) is 13.6. The highest BCUT2D eigenvalue weighted by molar-refractivity contribution is 7.92. The molecule has 0 saturated carbocycles. The van der Waals surface area contributed by atoms with Crippen LogP contribution in [0.2, 0.25) is 0 Å². The maximum absolute atomic E-state index is 13.5. The zero-order valence-corrected chi connectivity index (χ0v) is 21.7. The van der Waals surface area contributed by atoms with E-state index in [9.17, 15) is 13.2 Å². The number of amides is 1. The highest BCUT2D eigenvalue weighted by Crippen LogP contribution is 2.26. The second kappa shape index (κ2) is 11.8. The predicted molar refractivity (Wildman–Crippen MR) is 146 cm³/mol. The third-order valence-electron chi connectivity index (χ3n) is 5.96. The topological polar surface area (TPSA) is 75.7 Å². The Balaban J connectivity index is 1.49. The first kappa shape index (κ1) is 26.0. The van der Waals surface area contributed by atoms with E-state index in [4.69, 9.17) is 4.74 Å². The molecule has 4 aromatic rings. The Labute approximate surface area is 218 Å². The van der Waals surface area contributed by atoms with Crippen molar-refractivity contribution in [3.63, 3.8) is 0 Å². The van der Waals surface area contributed by atoms with E-state index in [1.54, 1.807) is 66.7 Å². The zero-order valence-electron chi connectivity index (χ0n) is 20.9. The lowest BCUT2D eigenvalue weighted by atomic mass is 10.1. The second-order valence-electron chi connectivity index (χ2n) is 8.55. The first-order chi connectivity index (χ1) is 17.9. The molecular weight excluding hydrogens is 484 g/mol. The summed E-state index contributed by atoms with van der Waals surface area (Å²) in [5.41, 5.74) is 2.80. The Morgan fingerprint density at radius 1 is 0.838 bits per heavy atom. The molecule has 0 aliphatic rings. The predicted octanol–water partition coefficient (Wildman–Crippen LogP) is 5.97. The molecule has 37 heavy (non-hydrogen) atoms. The highest BCUT2D eigenvalue weighted by atomic mass is 32.2. The van der Waals surface area contributed by atoms with Gasteiger partial charge in [0.05, 0.1) is 29.8 Å². The van der Waals surface area contributed by atoms with Crippen molar-refractivity contribution in [1.82, 2.24) is 5.32 Å². The van der Waals surface area contributed by atoms with Gasteiger partial charge in [-0.15, -0.1) is 0 Å². The lowest BCUT2D eigenvalue weighted by Crippen LogP contribution is -2.30. The summed E-state index contributed by atoms with van der Waals surface area (Å²) in [5.74, 6) is 0.587. The number of carbonyl (C=O) groups is 1. The Hall–Kier alpha value is -4.10. The van der Waals surface area contributed by atoms with E-state index >= 15 is 0 Å². The van der Waals surface area contributed by atoms with E-state index in [0.29, 0.717) is 17.9 Å². The van der Waals surface area contributed by atoms with Gasteiger partial charge in [0.15, 0.2) is 0 Å². The number of sulfonamides is 1. The molecule has 0 aliphatic carbocycles. The van der Waals surface area contributed by atoms with Gasteiger partial charge in [-0.3, -0.25) is 9.10 Å². The molecule has 0 radical (unpaired) electrons. The third-order valence-corrected chi connectivity index (χ3v) is 7.74. The standard InChI is InChI=1S/C30H30N2O4S/c1-3-36-28-20-18-25(19-21-28)23(2)31-30(33)26-16-14-24(15-17-26)22-32(27-10-6-4-7-11-27)37(34,35)29-12-8-5-9-13-29/h4-21,23H,3,22H2,1-2H3,(H,31,33)/t23-/m0/s1. The molecule has 4 aromatic carbocycles. The van der Waals surface area contributed by atoms with Crippen LogP contribution in [-0.4, -0.2) is 20.9 Å². The number of rotatable bonds is 10. The Morgan fingerprint density at radius 2 is 1.43 bits per heavy atom. The van der Waals surface area contributed by atoms with Crippen LogP contribution in [-0.2, 0) is 16.6 Å². The van der Waals surface area contributed by atoms with Gasteiger partial charge in [0.2, 0.25) is 0 Å². The molecule has 0 bridgehead atoms. The second-order valence-corrected chi connectivity index (χ2v) is 10.4. The van der Waals surface area contributed by atoms with Crippen LogP contribution in [0.15, 0.2) is 114 Å². The number of carbonyl (C=O) groups excluding carboxylic acids is 1. The van der Waals surface area contributed by atoms with Crippen molar-refractivity contribution in [3.05, 3.63) is 126 Å². The smallest absolute Gasteiger partial charge is 0.264 e. The number of nitrogens with zero attached hydrogens (tertiary/aromatic N) is 1. The molecule has 0 spiro atoms. The van der Waals surface area contributed by atoms with Crippen molar-refractivity contribution < 1.29 is 17.9 Å². The fraction of sp³-hybridized carbons (Fsp3) is 0.167. The van der Waals surface area contributed by atoms with Crippen LogP contribution in [0.25, 0.3) is 0 Å². The van der Waals surface area contributed by atoms with Gasteiger partial charge in [-0.2, -0.15) is 0 Å². The van der Waals surface area contributed by atoms with Crippen molar-refractivity contribution in [3.8, 4) is 5.75 Å². The lowest BCUT2D eigenvalue weighted by Gasteiger charge is -2.25. The van der Waals surface area contributed by atoms with Crippen LogP contribution in [0.3, 0.4) is 0 Å². The van der Waals surface area contributed by atoms with Crippen LogP contribution < -0.4 is 14.4 Å². The molecule has 0 fully saturated rings. The van der Waals surface area contributed by atoms with Crippen molar-refractivity contribution in [2.75, 3.05) is 10.9 Å². The van der Waals surface area contributed by atoms with Gasteiger partial charge in [-0.25, -0.2) is 8.42 Å². The quantitative estimate of drug-likeness (QED) is 0.283. The van der Waals surface area contributed by atoms with Gasteiger partial charge in [-0.1, -0.05) is 60.7 Å². The third kappa shape index (κ3) is 6.37. The SMILES string of the molecule is CCOc1ccc([C@H](C)NC(=O)c2ccc(CN(c3ccccc3)S(=O)(=O)c3ccccc3)cc2)cc1. The van der Waals surface area contributed by atoms with Crippen LogP contribution >= 0.6 is 0 Å². The summed E-state index contributed by atoms with van der Waals surface area (Å²) in [6, 6.07) is 31.8. The fourth-order valence-corrected chi connectivity index (χ4v) is 5.41. The molecule has 190 valence electrons. The lowest BCUT2D eigenvalue weighted by molar-refractivity contribution is 0.0940. The van der Waals surface area contributed by atoms with Gasteiger partial charge < -0.3 is 10.1 Å². The summed E-state index contributed by atoms with van der Waals surface area (Å²) in [6.45, 7) is 4.59. The normalized spacial score (nSPS) is 11.9. The maximum Gasteiger partial charge on any atom is 0.264 e. The molecule has 0 aromatic heterocycles. The Morgan fingerprint density at radius 3 is 2.03 bits per heavy atom. The van der Waals surface area contributed by atoms with Crippen molar-refractivity contribution in [1.29, 1.82) is 0 Å². The molecule has 0 saturated heterocycles.